The summed E-state index contributed by atoms with van der Waals surface area (Å²) in [7, 11) is 0. The normalized spacial score (nSPS) is 14.1. The highest BCUT2D eigenvalue weighted by Gasteiger charge is 2.50. The van der Waals surface area contributed by atoms with Gasteiger partial charge in [0.2, 0.25) is 0 Å². The van der Waals surface area contributed by atoms with Gasteiger partial charge in [-0.1, -0.05) is 18.2 Å². The minimum absolute atomic E-state index is 0.0444. The lowest BCUT2D eigenvalue weighted by Gasteiger charge is -2.23. The molecule has 1 unspecified atom stereocenters. The number of benzene rings is 1. The second-order valence-electron chi connectivity index (χ2n) is 4.01. The van der Waals surface area contributed by atoms with E-state index in [9.17, 15) is 26.3 Å². The highest BCUT2D eigenvalue weighted by Crippen LogP contribution is 2.36. The summed E-state index contributed by atoms with van der Waals surface area (Å²) in [5.41, 5.74) is -0.503. The lowest BCUT2D eigenvalue weighted by atomic mass is 10.2. The molecule has 0 N–H and O–H groups in total. The van der Waals surface area contributed by atoms with Crippen LogP contribution >= 0.6 is 0 Å². The first kappa shape index (κ1) is 15.2. The fraction of sp³-hybridized carbons (Fsp3) is 0.250. The van der Waals surface area contributed by atoms with Crippen LogP contribution in [-0.4, -0.2) is 17.3 Å². The molecule has 0 aliphatic heterocycles. The second-order valence-corrected chi connectivity index (χ2v) is 4.01. The molecule has 0 aliphatic rings. The van der Waals surface area contributed by atoms with Crippen molar-refractivity contribution >= 4 is 10.9 Å². The summed E-state index contributed by atoms with van der Waals surface area (Å²) in [6, 6.07) is 2.20. The highest BCUT2D eigenvalue weighted by molar-refractivity contribution is 5.86. The van der Waals surface area contributed by atoms with E-state index in [2.05, 4.69) is 4.74 Å². The Morgan fingerprint density at radius 2 is 1.76 bits per heavy atom. The van der Waals surface area contributed by atoms with Gasteiger partial charge in [-0.3, -0.25) is 4.57 Å². The summed E-state index contributed by atoms with van der Waals surface area (Å²) in [6.07, 6.45) is -8.92. The summed E-state index contributed by atoms with van der Waals surface area (Å²) < 4.78 is 79.2. The maximum Gasteiger partial charge on any atom is 0.525 e. The minimum atomic E-state index is -5.55. The number of para-hydroxylation sites is 1. The summed E-state index contributed by atoms with van der Waals surface area (Å²) in [5, 5.41) is 8.89. The Morgan fingerprint density at radius 3 is 2.33 bits per heavy atom. The molecule has 112 valence electrons. The number of alkyl halides is 6. The first-order valence-corrected chi connectivity index (χ1v) is 5.44. The fourth-order valence-electron chi connectivity index (χ4n) is 1.81. The van der Waals surface area contributed by atoms with Gasteiger partial charge in [0.15, 0.2) is 0 Å². The summed E-state index contributed by atoms with van der Waals surface area (Å²) in [4.78, 5) is 0. The van der Waals surface area contributed by atoms with Gasteiger partial charge in [0.1, 0.15) is 6.07 Å². The van der Waals surface area contributed by atoms with Crippen LogP contribution in [0.5, 0.6) is 0 Å². The molecular weight excluding hydrogens is 302 g/mol. The third-order valence-electron chi connectivity index (χ3n) is 2.66. The van der Waals surface area contributed by atoms with Crippen molar-refractivity contribution in [1.82, 2.24) is 4.57 Å². The van der Waals surface area contributed by atoms with Crippen LogP contribution in [0.15, 0.2) is 30.5 Å². The van der Waals surface area contributed by atoms with Crippen molar-refractivity contribution in [2.24, 2.45) is 0 Å². The van der Waals surface area contributed by atoms with Crippen LogP contribution < -0.4 is 0 Å². The van der Waals surface area contributed by atoms with Gasteiger partial charge in [0.05, 0.1) is 11.1 Å². The number of hydrogen-bond acceptors (Lipinski definition) is 2. The summed E-state index contributed by atoms with van der Waals surface area (Å²) in [5.74, 6) is 0. The van der Waals surface area contributed by atoms with E-state index in [1.165, 1.54) is 18.2 Å². The molecule has 3 nitrogen and oxygen atoms in total. The van der Waals surface area contributed by atoms with Crippen molar-refractivity contribution in [3.05, 3.63) is 36.0 Å². The highest BCUT2D eigenvalue weighted by atomic mass is 19.4. The first-order valence-electron chi connectivity index (χ1n) is 5.44. The molecule has 1 aromatic carbocycles. The number of hydrogen-bond donors (Lipinski definition) is 0. The third kappa shape index (κ3) is 2.80. The smallest absolute Gasteiger partial charge is 0.282 e. The van der Waals surface area contributed by atoms with Gasteiger partial charge in [-0.15, -0.1) is 13.2 Å². The Morgan fingerprint density at radius 1 is 1.14 bits per heavy atom. The van der Waals surface area contributed by atoms with Gasteiger partial charge >= 0.3 is 12.4 Å². The van der Waals surface area contributed by atoms with Crippen LogP contribution in [0.1, 0.15) is 5.56 Å². The number of rotatable bonds is 3. The van der Waals surface area contributed by atoms with Gasteiger partial charge in [-0.05, 0) is 6.07 Å². The monoisotopic (exact) mass is 308 g/mol. The first-order chi connectivity index (χ1) is 9.66. The zero-order valence-corrected chi connectivity index (χ0v) is 10.0. The lowest BCUT2D eigenvalue weighted by molar-refractivity contribution is -0.399. The molecule has 0 fully saturated rings. The van der Waals surface area contributed by atoms with Crippen LogP contribution in [0.4, 0.5) is 26.3 Å². The lowest BCUT2D eigenvalue weighted by Crippen LogP contribution is -2.38. The quantitative estimate of drug-likeness (QED) is 0.807. The molecule has 0 amide bonds. The zero-order valence-electron chi connectivity index (χ0n) is 10.0. The van der Waals surface area contributed by atoms with E-state index in [0.717, 1.165) is 6.07 Å². The molecule has 0 bridgehead atoms. The van der Waals surface area contributed by atoms with E-state index in [1.807, 2.05) is 0 Å². The molecule has 1 aromatic heterocycles. The molecule has 0 aliphatic carbocycles. The zero-order chi connectivity index (χ0) is 15.8. The minimum Gasteiger partial charge on any atom is -0.282 e. The Hall–Kier alpha value is -2.21. The second kappa shape index (κ2) is 4.96. The molecule has 1 atom stereocenters. The van der Waals surface area contributed by atoms with Crippen molar-refractivity contribution in [2.75, 3.05) is 0 Å². The Kier molecular flexibility index (Phi) is 3.59. The van der Waals surface area contributed by atoms with Gasteiger partial charge in [-0.2, -0.15) is 14.0 Å². The van der Waals surface area contributed by atoms with Crippen molar-refractivity contribution < 1.29 is 31.1 Å². The molecule has 2 rings (SSSR count). The van der Waals surface area contributed by atoms with Crippen molar-refractivity contribution in [3.63, 3.8) is 0 Å². The fourth-order valence-corrected chi connectivity index (χ4v) is 1.81. The van der Waals surface area contributed by atoms with E-state index >= 15 is 0 Å². The molecule has 0 radical (unpaired) electrons. The van der Waals surface area contributed by atoms with Gasteiger partial charge in [-0.25, -0.2) is 9.13 Å². The van der Waals surface area contributed by atoms with Crippen LogP contribution in [-0.2, 0) is 10.8 Å². The average Bonchev–Trinajstić information content (AvgIpc) is 2.76. The number of ether oxygens (including phenoxy) is 1. The Labute approximate surface area is 113 Å². The van der Waals surface area contributed by atoms with Crippen LogP contribution in [0.25, 0.3) is 10.9 Å². The Bertz CT molecular complexity index is 700. The Balaban J connectivity index is 2.52. The molecular formula is C12H6F6N2O. The topological polar surface area (TPSA) is 38.0 Å². The van der Waals surface area contributed by atoms with Gasteiger partial charge in [0.25, 0.3) is 6.36 Å². The summed E-state index contributed by atoms with van der Waals surface area (Å²) in [6.45, 7) is 0. The predicted octanol–water partition coefficient (Wildman–Crippen LogP) is 3.89. The molecule has 9 heteroatoms. The molecule has 0 saturated heterocycles. The SMILES string of the molecule is N#Cc1cn(C(F)(F)C(F)OC(F)(F)F)c2ccccc12. The van der Waals surface area contributed by atoms with Crippen LogP contribution in [0, 0.1) is 11.3 Å². The van der Waals surface area contributed by atoms with E-state index < -0.39 is 18.8 Å². The van der Waals surface area contributed by atoms with E-state index in [4.69, 9.17) is 5.26 Å². The molecule has 2 aromatic rings. The maximum absolute atomic E-state index is 13.8. The van der Waals surface area contributed by atoms with Crippen molar-refractivity contribution in [2.45, 2.75) is 18.8 Å². The number of aromatic nitrogens is 1. The van der Waals surface area contributed by atoms with E-state index in [-0.39, 0.29) is 21.0 Å². The van der Waals surface area contributed by atoms with Gasteiger partial charge < -0.3 is 0 Å². The molecule has 21 heavy (non-hydrogen) atoms. The molecule has 1 heterocycles. The number of nitrogens with zero attached hydrogens (tertiary/aromatic N) is 2. The van der Waals surface area contributed by atoms with Crippen LogP contribution in [0.2, 0.25) is 0 Å². The van der Waals surface area contributed by atoms with Crippen molar-refractivity contribution in [3.8, 4) is 6.07 Å². The molecule has 0 saturated carbocycles. The predicted molar refractivity (Wildman–Crippen MR) is 58.9 cm³/mol. The largest absolute Gasteiger partial charge is 0.525 e. The number of nitriles is 1. The summed E-state index contributed by atoms with van der Waals surface area (Å²) >= 11 is 0. The van der Waals surface area contributed by atoms with Gasteiger partial charge in [0, 0.05) is 11.6 Å². The average molecular weight is 308 g/mol. The number of fused-ring (bicyclic) bond motifs is 1. The van der Waals surface area contributed by atoms with Crippen LogP contribution in [0.3, 0.4) is 0 Å². The third-order valence-corrected chi connectivity index (χ3v) is 2.66. The maximum atomic E-state index is 13.8. The van der Waals surface area contributed by atoms with E-state index in [1.54, 1.807) is 6.07 Å². The van der Waals surface area contributed by atoms with Crippen molar-refractivity contribution in [1.29, 1.82) is 5.26 Å². The molecule has 0 spiro atoms. The number of halogens is 6. The standard InChI is InChI=1S/C12H6F6N2O/c13-10(21-12(16,17)18)11(14,15)20-6-7(5-19)8-3-1-2-4-9(8)20/h1-4,6,10H. The van der Waals surface area contributed by atoms with E-state index in [0.29, 0.717) is 6.20 Å².